The standard InChI is InChI=1S/C8H17NO/c1-3-9(2)8(10)7-5-4-6-7/h7-8,10H,3-6H2,1-2H3. The number of nitrogens with zero attached hydrogens (tertiary/aromatic N) is 1. The maximum absolute atomic E-state index is 9.56. The second-order valence-corrected chi connectivity index (χ2v) is 3.18. The molecule has 0 aromatic carbocycles. The van der Waals surface area contributed by atoms with Gasteiger partial charge in [0, 0.05) is 0 Å². The van der Waals surface area contributed by atoms with Crippen molar-refractivity contribution in [3.05, 3.63) is 0 Å². The van der Waals surface area contributed by atoms with Gasteiger partial charge in [-0.1, -0.05) is 13.3 Å². The summed E-state index contributed by atoms with van der Waals surface area (Å²) in [4.78, 5) is 2.00. The van der Waals surface area contributed by atoms with E-state index in [1.54, 1.807) is 0 Å². The van der Waals surface area contributed by atoms with Crippen LogP contribution in [0.1, 0.15) is 26.2 Å². The van der Waals surface area contributed by atoms with Crippen molar-refractivity contribution in [3.63, 3.8) is 0 Å². The highest BCUT2D eigenvalue weighted by Crippen LogP contribution is 2.30. The SMILES string of the molecule is CCN(C)C(O)C1CCC1. The highest BCUT2D eigenvalue weighted by atomic mass is 16.3. The van der Waals surface area contributed by atoms with Crippen LogP contribution in [-0.2, 0) is 0 Å². The number of rotatable bonds is 3. The van der Waals surface area contributed by atoms with Gasteiger partial charge in [0.25, 0.3) is 0 Å². The second-order valence-electron chi connectivity index (χ2n) is 3.18. The van der Waals surface area contributed by atoms with Gasteiger partial charge < -0.3 is 5.11 Å². The molecule has 1 aliphatic carbocycles. The Labute approximate surface area is 62.8 Å². The van der Waals surface area contributed by atoms with Crippen LogP contribution in [0.2, 0.25) is 0 Å². The van der Waals surface area contributed by atoms with Gasteiger partial charge in [-0.2, -0.15) is 0 Å². The van der Waals surface area contributed by atoms with E-state index in [4.69, 9.17) is 0 Å². The molecule has 0 amide bonds. The lowest BCUT2D eigenvalue weighted by atomic mass is 9.83. The summed E-state index contributed by atoms with van der Waals surface area (Å²) in [5, 5.41) is 9.56. The molecule has 10 heavy (non-hydrogen) atoms. The molecule has 1 atom stereocenters. The van der Waals surface area contributed by atoms with Crippen molar-refractivity contribution in [2.45, 2.75) is 32.4 Å². The van der Waals surface area contributed by atoms with E-state index in [1.807, 2.05) is 11.9 Å². The largest absolute Gasteiger partial charge is 0.378 e. The fourth-order valence-electron chi connectivity index (χ4n) is 1.28. The minimum Gasteiger partial charge on any atom is -0.378 e. The summed E-state index contributed by atoms with van der Waals surface area (Å²) < 4.78 is 0. The molecule has 0 spiro atoms. The van der Waals surface area contributed by atoms with Crippen molar-refractivity contribution in [2.24, 2.45) is 5.92 Å². The van der Waals surface area contributed by atoms with Crippen molar-refractivity contribution in [2.75, 3.05) is 13.6 Å². The Morgan fingerprint density at radius 3 is 2.50 bits per heavy atom. The highest BCUT2D eigenvalue weighted by Gasteiger charge is 2.27. The molecular weight excluding hydrogens is 126 g/mol. The van der Waals surface area contributed by atoms with Gasteiger partial charge in [-0.05, 0) is 32.4 Å². The van der Waals surface area contributed by atoms with E-state index in [-0.39, 0.29) is 6.23 Å². The summed E-state index contributed by atoms with van der Waals surface area (Å²) in [5.41, 5.74) is 0. The Hall–Kier alpha value is -0.0800. The first-order chi connectivity index (χ1) is 4.75. The fourth-order valence-corrected chi connectivity index (χ4v) is 1.28. The topological polar surface area (TPSA) is 23.5 Å². The van der Waals surface area contributed by atoms with Crippen molar-refractivity contribution >= 4 is 0 Å². The van der Waals surface area contributed by atoms with Gasteiger partial charge in [0.15, 0.2) is 0 Å². The molecule has 0 saturated heterocycles. The maximum Gasteiger partial charge on any atom is 0.109 e. The monoisotopic (exact) mass is 143 g/mol. The molecule has 1 saturated carbocycles. The van der Waals surface area contributed by atoms with Crippen LogP contribution in [0.5, 0.6) is 0 Å². The first-order valence-corrected chi connectivity index (χ1v) is 4.14. The molecule has 0 aromatic heterocycles. The Bertz CT molecular complexity index is 96.7. The number of hydrogen-bond donors (Lipinski definition) is 1. The van der Waals surface area contributed by atoms with E-state index in [1.165, 1.54) is 19.3 Å². The smallest absolute Gasteiger partial charge is 0.109 e. The van der Waals surface area contributed by atoms with Crippen LogP contribution < -0.4 is 0 Å². The number of aliphatic hydroxyl groups excluding tert-OH is 1. The molecule has 0 bridgehead atoms. The van der Waals surface area contributed by atoms with Crippen LogP contribution in [0.3, 0.4) is 0 Å². The van der Waals surface area contributed by atoms with E-state index in [0.717, 1.165) is 6.54 Å². The third-order valence-electron chi connectivity index (χ3n) is 2.52. The lowest BCUT2D eigenvalue weighted by molar-refractivity contribution is -0.0483. The Morgan fingerprint density at radius 2 is 2.20 bits per heavy atom. The first-order valence-electron chi connectivity index (χ1n) is 4.14. The molecule has 1 unspecified atom stereocenters. The van der Waals surface area contributed by atoms with E-state index in [9.17, 15) is 5.11 Å². The summed E-state index contributed by atoms with van der Waals surface area (Å²) >= 11 is 0. The first kappa shape index (κ1) is 8.02. The van der Waals surface area contributed by atoms with Crippen LogP contribution in [0, 0.1) is 5.92 Å². The summed E-state index contributed by atoms with van der Waals surface area (Å²) in [6, 6.07) is 0. The van der Waals surface area contributed by atoms with Crippen molar-refractivity contribution in [1.82, 2.24) is 4.90 Å². The van der Waals surface area contributed by atoms with Gasteiger partial charge in [0.1, 0.15) is 6.23 Å². The average Bonchev–Trinajstić information content (AvgIpc) is 1.82. The zero-order chi connectivity index (χ0) is 7.56. The third-order valence-corrected chi connectivity index (χ3v) is 2.52. The van der Waals surface area contributed by atoms with E-state index >= 15 is 0 Å². The minimum absolute atomic E-state index is 0.182. The van der Waals surface area contributed by atoms with Gasteiger partial charge in [0.05, 0.1) is 0 Å². The molecule has 60 valence electrons. The van der Waals surface area contributed by atoms with Crippen LogP contribution in [0.25, 0.3) is 0 Å². The Morgan fingerprint density at radius 1 is 1.60 bits per heavy atom. The van der Waals surface area contributed by atoms with Crippen LogP contribution in [0.15, 0.2) is 0 Å². The molecule has 1 aliphatic rings. The zero-order valence-corrected chi connectivity index (χ0v) is 6.88. The summed E-state index contributed by atoms with van der Waals surface area (Å²) in [5.74, 6) is 0.560. The van der Waals surface area contributed by atoms with Gasteiger partial charge >= 0.3 is 0 Å². The van der Waals surface area contributed by atoms with E-state index in [0.29, 0.717) is 5.92 Å². The molecule has 1 fully saturated rings. The van der Waals surface area contributed by atoms with Crippen LogP contribution in [-0.4, -0.2) is 29.8 Å². The van der Waals surface area contributed by atoms with Gasteiger partial charge in [-0.15, -0.1) is 0 Å². The second kappa shape index (κ2) is 3.35. The molecule has 1 rings (SSSR count). The quantitative estimate of drug-likeness (QED) is 0.597. The van der Waals surface area contributed by atoms with Crippen LogP contribution in [0.4, 0.5) is 0 Å². The summed E-state index contributed by atoms with van der Waals surface area (Å²) in [7, 11) is 1.98. The van der Waals surface area contributed by atoms with Gasteiger partial charge in [0.2, 0.25) is 0 Å². The highest BCUT2D eigenvalue weighted by molar-refractivity contribution is 4.75. The normalized spacial score (nSPS) is 22.8. The minimum atomic E-state index is -0.182. The summed E-state index contributed by atoms with van der Waals surface area (Å²) in [6.07, 6.45) is 3.55. The number of aliphatic hydroxyl groups is 1. The number of hydrogen-bond acceptors (Lipinski definition) is 2. The zero-order valence-electron chi connectivity index (χ0n) is 6.88. The molecule has 1 N–H and O–H groups in total. The molecular formula is C8H17NO. The maximum atomic E-state index is 9.56. The predicted molar refractivity (Wildman–Crippen MR) is 41.7 cm³/mol. The third kappa shape index (κ3) is 1.50. The predicted octanol–water partition coefficient (Wildman–Crippen LogP) is 1.06. The average molecular weight is 143 g/mol. The van der Waals surface area contributed by atoms with Crippen LogP contribution >= 0.6 is 0 Å². The lowest BCUT2D eigenvalue weighted by Gasteiger charge is -2.35. The molecule has 0 radical (unpaired) electrons. The molecule has 0 heterocycles. The van der Waals surface area contributed by atoms with Gasteiger partial charge in [-0.25, -0.2) is 0 Å². The van der Waals surface area contributed by atoms with Crippen molar-refractivity contribution in [1.29, 1.82) is 0 Å². The fraction of sp³-hybridized carbons (Fsp3) is 1.00. The Kier molecular flexibility index (Phi) is 2.69. The summed E-state index contributed by atoms with van der Waals surface area (Å²) in [6.45, 7) is 3.01. The molecule has 0 aliphatic heterocycles. The van der Waals surface area contributed by atoms with Crippen molar-refractivity contribution < 1.29 is 5.11 Å². The van der Waals surface area contributed by atoms with E-state index in [2.05, 4.69) is 6.92 Å². The van der Waals surface area contributed by atoms with Gasteiger partial charge in [-0.3, -0.25) is 4.90 Å². The van der Waals surface area contributed by atoms with E-state index < -0.39 is 0 Å². The Balaban J connectivity index is 2.24. The molecule has 2 heteroatoms. The lowest BCUT2D eigenvalue weighted by Crippen LogP contribution is -2.40. The molecule has 0 aromatic rings. The molecule has 2 nitrogen and oxygen atoms in total. The van der Waals surface area contributed by atoms with Crippen molar-refractivity contribution in [3.8, 4) is 0 Å².